The Morgan fingerprint density at radius 1 is 0.950 bits per heavy atom. The first-order valence-corrected chi connectivity index (χ1v) is 15.4. The molecule has 1 atom stereocenters. The molecule has 1 aromatic heterocycles. The molecule has 0 saturated heterocycles. The number of nitrogens with zero attached hydrogens (tertiary/aromatic N) is 4. The van der Waals surface area contributed by atoms with Gasteiger partial charge in [0.1, 0.15) is 22.4 Å². The lowest BCUT2D eigenvalue weighted by molar-refractivity contribution is 0.0733. The van der Waals surface area contributed by atoms with Gasteiger partial charge in [0.25, 0.3) is 0 Å². The van der Waals surface area contributed by atoms with Gasteiger partial charge in [0.2, 0.25) is 0 Å². The van der Waals surface area contributed by atoms with Gasteiger partial charge in [-0.2, -0.15) is 5.26 Å². The standard InChI is InChI=1S/C33H35ClN4OSi/c1-22-20-24(21-35)16-17-28(22)38-19-18-27(29-30(34)36-23(2)37-31(29)38)33(39-40-32(3,4)5,25-12-8-6-9-13-25)26-14-10-7-11-15-26/h6-17,20,27H,18-19,40H2,1-5H3. The van der Waals surface area contributed by atoms with Crippen LogP contribution in [0.4, 0.5) is 11.5 Å². The summed E-state index contributed by atoms with van der Waals surface area (Å²) < 4.78 is 7.31. The van der Waals surface area contributed by atoms with E-state index in [4.69, 9.17) is 21.0 Å². The van der Waals surface area contributed by atoms with Crippen LogP contribution in [0, 0.1) is 25.2 Å². The summed E-state index contributed by atoms with van der Waals surface area (Å²) in [5.74, 6) is 1.31. The summed E-state index contributed by atoms with van der Waals surface area (Å²) in [6.07, 6.45) is 0.779. The molecule has 204 valence electrons. The summed E-state index contributed by atoms with van der Waals surface area (Å²) in [6.45, 7) is 11.4. The van der Waals surface area contributed by atoms with E-state index in [1.54, 1.807) is 0 Å². The molecule has 0 amide bonds. The predicted octanol–water partition coefficient (Wildman–Crippen LogP) is 7.51. The second-order valence-electron chi connectivity index (χ2n) is 11.7. The predicted molar refractivity (Wildman–Crippen MR) is 165 cm³/mol. The molecule has 1 aliphatic heterocycles. The molecule has 0 radical (unpaired) electrons. The molecule has 40 heavy (non-hydrogen) atoms. The topological polar surface area (TPSA) is 62.0 Å². The molecule has 7 heteroatoms. The third-order valence-electron chi connectivity index (χ3n) is 7.48. The van der Waals surface area contributed by atoms with Crippen molar-refractivity contribution in [1.82, 2.24) is 9.97 Å². The number of benzene rings is 3. The van der Waals surface area contributed by atoms with Gasteiger partial charge in [-0.25, -0.2) is 9.97 Å². The highest BCUT2D eigenvalue weighted by atomic mass is 35.5. The molecule has 2 heterocycles. The van der Waals surface area contributed by atoms with Crippen LogP contribution in [0.5, 0.6) is 0 Å². The van der Waals surface area contributed by atoms with Crippen LogP contribution < -0.4 is 4.90 Å². The second kappa shape index (κ2) is 11.2. The van der Waals surface area contributed by atoms with Gasteiger partial charge in [-0.15, -0.1) is 0 Å². The molecule has 0 aliphatic carbocycles. The molecule has 0 bridgehead atoms. The zero-order valence-electron chi connectivity index (χ0n) is 23.8. The van der Waals surface area contributed by atoms with Crippen LogP contribution in [0.1, 0.15) is 66.8 Å². The fourth-order valence-corrected chi connectivity index (χ4v) is 7.29. The SMILES string of the molecule is Cc1nc(Cl)c2c(n1)N(c1ccc(C#N)cc1C)CCC2C(O[SiH2]C(C)(C)C)(c1ccccc1)c1ccccc1. The van der Waals surface area contributed by atoms with Crippen molar-refractivity contribution >= 4 is 32.9 Å². The Bertz CT molecular complexity index is 1510. The van der Waals surface area contributed by atoms with E-state index in [0.717, 1.165) is 46.7 Å². The summed E-state index contributed by atoms with van der Waals surface area (Å²) in [6, 6.07) is 29.1. The fraction of sp³-hybridized carbons (Fsp3) is 0.303. The smallest absolute Gasteiger partial charge is 0.168 e. The minimum Gasteiger partial charge on any atom is -0.409 e. The summed E-state index contributed by atoms with van der Waals surface area (Å²) in [7, 11) is -1.01. The van der Waals surface area contributed by atoms with Crippen molar-refractivity contribution in [3.05, 3.63) is 118 Å². The monoisotopic (exact) mass is 566 g/mol. The lowest BCUT2D eigenvalue weighted by atomic mass is 9.70. The Labute approximate surface area is 244 Å². The maximum Gasteiger partial charge on any atom is 0.168 e. The van der Waals surface area contributed by atoms with Crippen LogP contribution in [0.25, 0.3) is 0 Å². The molecule has 5 nitrogen and oxygen atoms in total. The molecule has 3 aromatic carbocycles. The first-order chi connectivity index (χ1) is 19.1. The maximum atomic E-state index is 9.43. The Morgan fingerprint density at radius 2 is 1.57 bits per heavy atom. The van der Waals surface area contributed by atoms with Crippen molar-refractivity contribution in [1.29, 1.82) is 5.26 Å². The Morgan fingerprint density at radius 3 is 2.12 bits per heavy atom. The average molecular weight is 567 g/mol. The highest BCUT2D eigenvalue weighted by Crippen LogP contribution is 2.54. The third-order valence-corrected chi connectivity index (χ3v) is 9.24. The van der Waals surface area contributed by atoms with Gasteiger partial charge >= 0.3 is 0 Å². The van der Waals surface area contributed by atoms with Crippen LogP contribution >= 0.6 is 11.6 Å². The van der Waals surface area contributed by atoms with E-state index < -0.39 is 15.4 Å². The molecule has 5 rings (SSSR count). The van der Waals surface area contributed by atoms with Gasteiger partial charge in [-0.05, 0) is 60.2 Å². The molecule has 1 aliphatic rings. The van der Waals surface area contributed by atoms with E-state index in [9.17, 15) is 5.26 Å². The quantitative estimate of drug-likeness (QED) is 0.178. The first-order valence-electron chi connectivity index (χ1n) is 13.7. The van der Waals surface area contributed by atoms with E-state index in [2.05, 4.69) is 85.3 Å². The second-order valence-corrected chi connectivity index (χ2v) is 14.8. The molecule has 0 spiro atoms. The van der Waals surface area contributed by atoms with Gasteiger partial charge in [0.05, 0.1) is 11.6 Å². The normalized spacial score (nSPS) is 15.7. The third kappa shape index (κ3) is 5.30. The van der Waals surface area contributed by atoms with E-state index >= 15 is 0 Å². The van der Waals surface area contributed by atoms with Crippen LogP contribution in [0.2, 0.25) is 10.2 Å². The molecular weight excluding hydrogens is 532 g/mol. The zero-order chi connectivity index (χ0) is 28.5. The van der Waals surface area contributed by atoms with Gasteiger partial charge in [-0.3, -0.25) is 0 Å². The van der Waals surface area contributed by atoms with Gasteiger partial charge in [0.15, 0.2) is 9.76 Å². The Kier molecular flexibility index (Phi) is 7.83. The molecular formula is C33H35ClN4OSi. The van der Waals surface area contributed by atoms with Gasteiger partial charge in [0, 0.05) is 23.7 Å². The summed E-state index contributed by atoms with van der Waals surface area (Å²) in [5.41, 5.74) is 5.03. The van der Waals surface area contributed by atoms with Gasteiger partial charge < -0.3 is 9.33 Å². The van der Waals surface area contributed by atoms with Crippen molar-refractivity contribution in [3.8, 4) is 6.07 Å². The van der Waals surface area contributed by atoms with Crippen molar-refractivity contribution in [3.63, 3.8) is 0 Å². The highest BCUT2D eigenvalue weighted by Gasteiger charge is 2.49. The lowest BCUT2D eigenvalue weighted by Crippen LogP contribution is -2.44. The lowest BCUT2D eigenvalue weighted by Gasteiger charge is -2.47. The van der Waals surface area contributed by atoms with Crippen LogP contribution in [-0.2, 0) is 10.0 Å². The van der Waals surface area contributed by atoms with Crippen LogP contribution in [0.3, 0.4) is 0 Å². The van der Waals surface area contributed by atoms with Crippen LogP contribution in [-0.4, -0.2) is 26.3 Å². The maximum absolute atomic E-state index is 9.43. The minimum absolute atomic E-state index is 0.0749. The molecule has 1 unspecified atom stereocenters. The van der Waals surface area contributed by atoms with Crippen molar-refractivity contribution in [2.24, 2.45) is 0 Å². The number of hydrogen-bond donors (Lipinski definition) is 0. The Balaban J connectivity index is 1.77. The first kappa shape index (κ1) is 28.0. The van der Waals surface area contributed by atoms with Crippen molar-refractivity contribution in [2.45, 2.75) is 57.6 Å². The summed E-state index contributed by atoms with van der Waals surface area (Å²) >= 11 is 7.09. The average Bonchev–Trinajstić information content (AvgIpc) is 2.94. The van der Waals surface area contributed by atoms with Crippen molar-refractivity contribution < 1.29 is 4.43 Å². The zero-order valence-corrected chi connectivity index (χ0v) is 25.9. The van der Waals surface area contributed by atoms with E-state index in [0.29, 0.717) is 16.5 Å². The number of rotatable bonds is 6. The fourth-order valence-electron chi connectivity index (χ4n) is 5.75. The number of hydrogen-bond acceptors (Lipinski definition) is 5. The summed E-state index contributed by atoms with van der Waals surface area (Å²) in [4.78, 5) is 11.9. The molecule has 0 saturated carbocycles. The van der Waals surface area contributed by atoms with E-state index in [-0.39, 0.29) is 11.0 Å². The number of aromatic nitrogens is 2. The number of halogens is 1. The van der Waals surface area contributed by atoms with E-state index in [1.807, 2.05) is 44.2 Å². The van der Waals surface area contributed by atoms with E-state index in [1.165, 1.54) is 0 Å². The minimum atomic E-state index is -1.01. The number of anilines is 2. The van der Waals surface area contributed by atoms with Crippen molar-refractivity contribution in [2.75, 3.05) is 11.4 Å². The Hall–Kier alpha value is -3.50. The number of aryl methyl sites for hydroxylation is 2. The molecule has 0 N–H and O–H groups in total. The largest absolute Gasteiger partial charge is 0.409 e. The molecule has 4 aromatic rings. The van der Waals surface area contributed by atoms with Crippen LogP contribution in [0.15, 0.2) is 78.9 Å². The highest BCUT2D eigenvalue weighted by molar-refractivity contribution is 6.32. The molecule has 0 fully saturated rings. The summed E-state index contributed by atoms with van der Waals surface area (Å²) in [5, 5.41) is 9.96. The number of fused-ring (bicyclic) bond motifs is 1. The number of nitriles is 1. The van der Waals surface area contributed by atoms with Gasteiger partial charge in [-0.1, -0.05) is 93.0 Å².